The highest BCUT2D eigenvalue weighted by Gasteiger charge is 2.42. The molecule has 0 saturated carbocycles. The van der Waals surface area contributed by atoms with Crippen LogP contribution >= 0.6 is 0 Å². The summed E-state index contributed by atoms with van der Waals surface area (Å²) in [5.41, 5.74) is 6.37. The Hall–Kier alpha value is -2.64. The topological polar surface area (TPSA) is 99.8 Å². The summed E-state index contributed by atoms with van der Waals surface area (Å²) in [6.45, 7) is 1.02. The number of fused-ring (bicyclic) bond motifs is 1. The third-order valence-electron chi connectivity index (χ3n) is 4.02. The predicted octanol–water partition coefficient (Wildman–Crippen LogP) is -1.21. The monoisotopic (exact) mass is 303 g/mol. The van der Waals surface area contributed by atoms with Gasteiger partial charge in [-0.25, -0.2) is 0 Å². The summed E-state index contributed by atoms with van der Waals surface area (Å²) in [7, 11) is 1.60. The van der Waals surface area contributed by atoms with Crippen LogP contribution in [0.2, 0.25) is 0 Å². The fraction of sp³-hybridized carbons (Fsp3) is 0.429. The zero-order chi connectivity index (χ0) is 15.9. The lowest BCUT2D eigenvalue weighted by Gasteiger charge is -2.45. The van der Waals surface area contributed by atoms with Crippen LogP contribution in [-0.4, -0.2) is 76.7 Å². The van der Waals surface area contributed by atoms with Crippen LogP contribution in [0, 0.1) is 0 Å². The van der Waals surface area contributed by atoms with E-state index in [1.165, 1.54) is 17.2 Å². The number of anilines is 1. The lowest BCUT2D eigenvalue weighted by atomic mass is 10.1. The first-order valence-electron chi connectivity index (χ1n) is 7.02. The Morgan fingerprint density at radius 2 is 2.14 bits per heavy atom. The van der Waals surface area contributed by atoms with Gasteiger partial charge in [0.2, 0.25) is 11.8 Å². The average molecular weight is 303 g/mol. The summed E-state index contributed by atoms with van der Waals surface area (Å²) in [5, 5.41) is 0. The number of likely N-dealkylation sites (N-methyl/N-ethyl adjacent to an activating group) is 1. The molecule has 1 atom stereocenters. The average Bonchev–Trinajstić information content (AvgIpc) is 2.51. The van der Waals surface area contributed by atoms with Crippen molar-refractivity contribution in [2.24, 2.45) is 0 Å². The van der Waals surface area contributed by atoms with E-state index in [0.717, 1.165) is 0 Å². The normalized spacial score (nSPS) is 21.9. The van der Waals surface area contributed by atoms with Crippen LogP contribution in [0.5, 0.6) is 0 Å². The molecule has 1 aromatic rings. The fourth-order valence-electron chi connectivity index (χ4n) is 2.83. The molecule has 3 amide bonds. The number of piperazine rings is 2. The Kier molecular flexibility index (Phi) is 3.44. The third-order valence-corrected chi connectivity index (χ3v) is 4.02. The SMILES string of the molecule is CN1CC(=O)N2CCN(C(=O)c3cc(N)ccn3)C[C@H]2C1=O. The molecule has 3 heterocycles. The van der Waals surface area contributed by atoms with Gasteiger partial charge in [-0.3, -0.25) is 19.4 Å². The van der Waals surface area contributed by atoms with Crippen LogP contribution in [0.3, 0.4) is 0 Å². The number of nitrogens with zero attached hydrogens (tertiary/aromatic N) is 4. The van der Waals surface area contributed by atoms with Crippen molar-refractivity contribution in [3.05, 3.63) is 24.0 Å². The van der Waals surface area contributed by atoms with Gasteiger partial charge in [0.15, 0.2) is 0 Å². The molecule has 0 aromatic carbocycles. The number of nitrogen functional groups attached to an aromatic ring is 1. The molecule has 8 heteroatoms. The smallest absolute Gasteiger partial charge is 0.272 e. The van der Waals surface area contributed by atoms with Crippen LogP contribution in [0.15, 0.2) is 18.3 Å². The minimum atomic E-state index is -0.606. The van der Waals surface area contributed by atoms with Gasteiger partial charge in [-0.1, -0.05) is 0 Å². The van der Waals surface area contributed by atoms with Gasteiger partial charge in [-0.2, -0.15) is 0 Å². The zero-order valence-electron chi connectivity index (χ0n) is 12.2. The Bertz CT molecular complexity index is 647. The van der Waals surface area contributed by atoms with E-state index >= 15 is 0 Å². The lowest BCUT2D eigenvalue weighted by molar-refractivity contribution is -0.157. The highest BCUT2D eigenvalue weighted by atomic mass is 16.2. The first-order chi connectivity index (χ1) is 10.5. The number of hydrogen-bond acceptors (Lipinski definition) is 5. The molecule has 2 aliphatic rings. The Morgan fingerprint density at radius 1 is 1.36 bits per heavy atom. The maximum Gasteiger partial charge on any atom is 0.272 e. The molecular formula is C14H17N5O3. The summed E-state index contributed by atoms with van der Waals surface area (Å²) in [4.78, 5) is 45.2. The van der Waals surface area contributed by atoms with E-state index in [4.69, 9.17) is 5.73 Å². The number of aromatic nitrogens is 1. The second kappa shape index (κ2) is 5.28. The Morgan fingerprint density at radius 3 is 2.86 bits per heavy atom. The summed E-state index contributed by atoms with van der Waals surface area (Å²) in [5.74, 6) is -0.501. The van der Waals surface area contributed by atoms with Crippen molar-refractivity contribution < 1.29 is 14.4 Å². The first kappa shape index (κ1) is 14.3. The van der Waals surface area contributed by atoms with Crippen LogP contribution < -0.4 is 5.73 Å². The molecule has 1 aromatic heterocycles. The number of rotatable bonds is 1. The number of pyridine rings is 1. The van der Waals surface area contributed by atoms with E-state index in [1.807, 2.05) is 0 Å². The summed E-state index contributed by atoms with van der Waals surface area (Å²) < 4.78 is 0. The Labute approximate surface area is 127 Å². The number of amides is 3. The molecule has 8 nitrogen and oxygen atoms in total. The quantitative estimate of drug-likeness (QED) is 0.701. The molecule has 0 aliphatic carbocycles. The standard InChI is InChI=1S/C14H17N5O3/c1-17-8-12(20)19-5-4-18(7-11(19)14(17)22)13(21)10-6-9(15)2-3-16-10/h2-3,6,11H,4-5,7-8H2,1H3,(H2,15,16)/t11-/m0/s1. The van der Waals surface area contributed by atoms with E-state index < -0.39 is 6.04 Å². The maximum absolute atomic E-state index is 12.5. The highest BCUT2D eigenvalue weighted by Crippen LogP contribution is 2.18. The van der Waals surface area contributed by atoms with Gasteiger partial charge in [0.05, 0.1) is 13.1 Å². The zero-order valence-corrected chi connectivity index (χ0v) is 12.2. The van der Waals surface area contributed by atoms with Gasteiger partial charge < -0.3 is 20.4 Å². The molecule has 116 valence electrons. The van der Waals surface area contributed by atoms with Crippen LogP contribution in [0.4, 0.5) is 5.69 Å². The summed E-state index contributed by atoms with van der Waals surface area (Å²) in [6.07, 6.45) is 1.47. The third kappa shape index (κ3) is 2.36. The van der Waals surface area contributed by atoms with E-state index in [0.29, 0.717) is 18.8 Å². The van der Waals surface area contributed by atoms with E-state index in [2.05, 4.69) is 4.98 Å². The van der Waals surface area contributed by atoms with Gasteiger partial charge in [0, 0.05) is 32.0 Å². The van der Waals surface area contributed by atoms with Crippen molar-refractivity contribution in [3.63, 3.8) is 0 Å². The molecule has 3 rings (SSSR count). The van der Waals surface area contributed by atoms with Gasteiger partial charge in [0.1, 0.15) is 11.7 Å². The molecular weight excluding hydrogens is 286 g/mol. The molecule has 0 unspecified atom stereocenters. The van der Waals surface area contributed by atoms with E-state index in [-0.39, 0.29) is 36.5 Å². The lowest BCUT2D eigenvalue weighted by Crippen LogP contribution is -2.66. The molecule has 0 radical (unpaired) electrons. The summed E-state index contributed by atoms with van der Waals surface area (Å²) >= 11 is 0. The fourth-order valence-corrected chi connectivity index (χ4v) is 2.83. The Balaban J connectivity index is 1.79. The second-order valence-corrected chi connectivity index (χ2v) is 5.52. The molecule has 2 aliphatic heterocycles. The number of carbonyl (C=O) groups excluding carboxylic acids is 3. The maximum atomic E-state index is 12.5. The second-order valence-electron chi connectivity index (χ2n) is 5.52. The van der Waals surface area contributed by atoms with Crippen molar-refractivity contribution in [1.29, 1.82) is 0 Å². The van der Waals surface area contributed by atoms with Crippen molar-refractivity contribution in [2.75, 3.05) is 39.0 Å². The molecule has 0 bridgehead atoms. The number of hydrogen-bond donors (Lipinski definition) is 1. The predicted molar refractivity (Wildman–Crippen MR) is 77.7 cm³/mol. The highest BCUT2D eigenvalue weighted by molar-refractivity contribution is 5.97. The van der Waals surface area contributed by atoms with Gasteiger partial charge in [-0.05, 0) is 12.1 Å². The molecule has 22 heavy (non-hydrogen) atoms. The van der Waals surface area contributed by atoms with Crippen molar-refractivity contribution >= 4 is 23.4 Å². The minimum absolute atomic E-state index is 0.0821. The van der Waals surface area contributed by atoms with Crippen LogP contribution in [0.1, 0.15) is 10.5 Å². The first-order valence-corrected chi connectivity index (χ1v) is 7.02. The minimum Gasteiger partial charge on any atom is -0.399 e. The van der Waals surface area contributed by atoms with E-state index in [9.17, 15) is 14.4 Å². The number of carbonyl (C=O) groups is 3. The van der Waals surface area contributed by atoms with Crippen molar-refractivity contribution in [2.45, 2.75) is 6.04 Å². The van der Waals surface area contributed by atoms with E-state index in [1.54, 1.807) is 22.9 Å². The van der Waals surface area contributed by atoms with Crippen molar-refractivity contribution in [3.8, 4) is 0 Å². The number of nitrogens with two attached hydrogens (primary N) is 1. The van der Waals surface area contributed by atoms with Crippen LogP contribution in [-0.2, 0) is 9.59 Å². The molecule has 2 saturated heterocycles. The van der Waals surface area contributed by atoms with Gasteiger partial charge in [0.25, 0.3) is 5.91 Å². The van der Waals surface area contributed by atoms with Gasteiger partial charge >= 0.3 is 0 Å². The van der Waals surface area contributed by atoms with Crippen molar-refractivity contribution in [1.82, 2.24) is 19.7 Å². The molecule has 2 fully saturated rings. The molecule has 0 spiro atoms. The van der Waals surface area contributed by atoms with Gasteiger partial charge in [-0.15, -0.1) is 0 Å². The largest absolute Gasteiger partial charge is 0.399 e. The molecule has 2 N–H and O–H groups in total. The van der Waals surface area contributed by atoms with Crippen LogP contribution in [0.25, 0.3) is 0 Å². The summed E-state index contributed by atoms with van der Waals surface area (Å²) in [6, 6.07) is 2.51.